The number of halogens is 1. The topological polar surface area (TPSA) is 65.4 Å². The minimum atomic E-state index is -0.316. The van der Waals surface area contributed by atoms with Crippen molar-refractivity contribution in [2.45, 2.75) is 6.92 Å². The molecule has 0 saturated carbocycles. The van der Waals surface area contributed by atoms with Gasteiger partial charge in [-0.15, -0.1) is 0 Å². The van der Waals surface area contributed by atoms with Crippen LogP contribution >= 0.6 is 11.6 Å². The second kappa shape index (κ2) is 8.40. The SMILES string of the molecule is Cc1ccccc1-c1nn(-c2ccccc2)cc1C(=O)Nc1cc2c(cc1Cl)OCCO2. The van der Waals surface area contributed by atoms with Crippen LogP contribution in [0.5, 0.6) is 11.5 Å². The van der Waals surface area contributed by atoms with Crippen molar-refractivity contribution >= 4 is 23.2 Å². The fourth-order valence-electron chi connectivity index (χ4n) is 3.64. The maximum Gasteiger partial charge on any atom is 0.259 e. The van der Waals surface area contributed by atoms with Gasteiger partial charge in [-0.05, 0) is 24.6 Å². The van der Waals surface area contributed by atoms with Crippen LogP contribution in [0.3, 0.4) is 0 Å². The third-order valence-electron chi connectivity index (χ3n) is 5.26. The van der Waals surface area contributed by atoms with E-state index in [0.717, 1.165) is 16.8 Å². The molecule has 1 amide bonds. The highest BCUT2D eigenvalue weighted by molar-refractivity contribution is 6.34. The van der Waals surface area contributed by atoms with Gasteiger partial charge in [0.25, 0.3) is 5.91 Å². The summed E-state index contributed by atoms with van der Waals surface area (Å²) in [5.74, 6) is 0.802. The van der Waals surface area contributed by atoms with Gasteiger partial charge in [0.2, 0.25) is 0 Å². The van der Waals surface area contributed by atoms with Crippen LogP contribution in [0.25, 0.3) is 16.9 Å². The molecule has 0 fully saturated rings. The molecule has 1 aliphatic heterocycles. The van der Waals surface area contributed by atoms with Crippen LogP contribution in [0.15, 0.2) is 72.9 Å². The zero-order chi connectivity index (χ0) is 22.1. The minimum absolute atomic E-state index is 0.316. The Bertz CT molecular complexity index is 1300. The Morgan fingerprint density at radius 1 is 1.00 bits per heavy atom. The number of para-hydroxylation sites is 1. The zero-order valence-electron chi connectivity index (χ0n) is 17.3. The summed E-state index contributed by atoms with van der Waals surface area (Å²) in [6.45, 7) is 2.91. The smallest absolute Gasteiger partial charge is 0.259 e. The molecule has 2 heterocycles. The van der Waals surface area contributed by atoms with Gasteiger partial charge >= 0.3 is 0 Å². The van der Waals surface area contributed by atoms with E-state index in [1.54, 1.807) is 23.0 Å². The summed E-state index contributed by atoms with van der Waals surface area (Å²) in [6.07, 6.45) is 1.73. The lowest BCUT2D eigenvalue weighted by molar-refractivity contribution is 0.102. The molecule has 0 bridgehead atoms. The van der Waals surface area contributed by atoms with Crippen molar-refractivity contribution in [1.82, 2.24) is 9.78 Å². The Morgan fingerprint density at radius 3 is 2.44 bits per heavy atom. The Labute approximate surface area is 190 Å². The molecular weight excluding hydrogens is 426 g/mol. The number of nitrogens with one attached hydrogen (secondary N) is 1. The van der Waals surface area contributed by atoms with Crippen LogP contribution in [-0.4, -0.2) is 28.9 Å². The summed E-state index contributed by atoms with van der Waals surface area (Å²) in [5.41, 5.74) is 4.26. The molecule has 1 aromatic heterocycles. The van der Waals surface area contributed by atoms with E-state index in [1.165, 1.54) is 0 Å². The highest BCUT2D eigenvalue weighted by Gasteiger charge is 2.22. The van der Waals surface area contributed by atoms with Crippen LogP contribution in [0.1, 0.15) is 15.9 Å². The van der Waals surface area contributed by atoms with Crippen molar-refractivity contribution in [3.05, 3.63) is 89.1 Å². The lowest BCUT2D eigenvalue weighted by Gasteiger charge is -2.20. The summed E-state index contributed by atoms with van der Waals surface area (Å²) in [5, 5.41) is 8.03. The summed E-state index contributed by atoms with van der Waals surface area (Å²) < 4.78 is 12.9. The van der Waals surface area contributed by atoms with Crippen molar-refractivity contribution < 1.29 is 14.3 Å². The molecule has 7 heteroatoms. The molecular formula is C25H20ClN3O3. The van der Waals surface area contributed by atoms with Gasteiger partial charge < -0.3 is 14.8 Å². The molecule has 32 heavy (non-hydrogen) atoms. The Morgan fingerprint density at radius 2 is 1.69 bits per heavy atom. The number of ether oxygens (including phenoxy) is 2. The molecule has 0 saturated heterocycles. The van der Waals surface area contributed by atoms with E-state index in [1.807, 2.05) is 61.5 Å². The van der Waals surface area contributed by atoms with Gasteiger partial charge in [-0.1, -0.05) is 54.1 Å². The molecule has 5 rings (SSSR count). The molecule has 0 aliphatic carbocycles. The second-order valence-corrected chi connectivity index (χ2v) is 7.82. The van der Waals surface area contributed by atoms with E-state index >= 15 is 0 Å². The lowest BCUT2D eigenvalue weighted by atomic mass is 10.0. The number of carbonyl (C=O) groups excluding carboxylic acids is 1. The number of fused-ring (bicyclic) bond motifs is 1. The fourth-order valence-corrected chi connectivity index (χ4v) is 3.84. The third kappa shape index (κ3) is 3.81. The number of rotatable bonds is 4. The predicted octanol–water partition coefficient (Wildman–Crippen LogP) is 5.52. The summed E-state index contributed by atoms with van der Waals surface area (Å²) in [7, 11) is 0. The zero-order valence-corrected chi connectivity index (χ0v) is 18.1. The average Bonchev–Trinajstić information content (AvgIpc) is 3.26. The highest BCUT2D eigenvalue weighted by Crippen LogP contribution is 2.38. The quantitative estimate of drug-likeness (QED) is 0.449. The molecule has 0 spiro atoms. The normalized spacial score (nSPS) is 12.4. The van der Waals surface area contributed by atoms with Crippen LogP contribution in [-0.2, 0) is 0 Å². The fraction of sp³-hybridized carbons (Fsp3) is 0.120. The summed E-state index contributed by atoms with van der Waals surface area (Å²) in [4.78, 5) is 13.4. The van der Waals surface area contributed by atoms with Gasteiger partial charge in [0.1, 0.15) is 18.9 Å². The van der Waals surface area contributed by atoms with Crippen molar-refractivity contribution in [2.24, 2.45) is 0 Å². The molecule has 6 nitrogen and oxygen atoms in total. The van der Waals surface area contributed by atoms with Gasteiger partial charge in [0, 0.05) is 23.9 Å². The maximum atomic E-state index is 13.4. The van der Waals surface area contributed by atoms with E-state index in [-0.39, 0.29) is 5.91 Å². The number of anilines is 1. The maximum absolute atomic E-state index is 13.4. The molecule has 0 atom stereocenters. The van der Waals surface area contributed by atoms with E-state index < -0.39 is 0 Å². The highest BCUT2D eigenvalue weighted by atomic mass is 35.5. The van der Waals surface area contributed by atoms with Gasteiger partial charge in [-0.2, -0.15) is 5.10 Å². The van der Waals surface area contributed by atoms with Crippen molar-refractivity contribution in [3.8, 4) is 28.4 Å². The molecule has 0 radical (unpaired) electrons. The first-order chi connectivity index (χ1) is 15.6. The second-order valence-electron chi connectivity index (χ2n) is 7.42. The number of hydrogen-bond acceptors (Lipinski definition) is 4. The Kier molecular flexibility index (Phi) is 5.29. The number of carbonyl (C=O) groups is 1. The van der Waals surface area contributed by atoms with Crippen LogP contribution < -0.4 is 14.8 Å². The molecule has 4 aromatic rings. The van der Waals surface area contributed by atoms with E-state index in [4.69, 9.17) is 26.2 Å². The van der Waals surface area contributed by atoms with Crippen LogP contribution in [0.4, 0.5) is 5.69 Å². The lowest BCUT2D eigenvalue weighted by Crippen LogP contribution is -2.17. The molecule has 3 aromatic carbocycles. The first-order valence-corrected chi connectivity index (χ1v) is 10.6. The number of benzene rings is 3. The van der Waals surface area contributed by atoms with Crippen molar-refractivity contribution in [3.63, 3.8) is 0 Å². The minimum Gasteiger partial charge on any atom is -0.486 e. The number of amides is 1. The van der Waals surface area contributed by atoms with Gasteiger partial charge in [-0.3, -0.25) is 4.79 Å². The average molecular weight is 446 g/mol. The summed E-state index contributed by atoms with van der Waals surface area (Å²) >= 11 is 6.40. The Hall–Kier alpha value is -3.77. The van der Waals surface area contributed by atoms with Gasteiger partial charge in [0.05, 0.1) is 22.0 Å². The first-order valence-electron chi connectivity index (χ1n) is 10.2. The Balaban J connectivity index is 1.56. The van der Waals surface area contributed by atoms with Crippen LogP contribution in [0.2, 0.25) is 5.02 Å². The standard InChI is InChI=1S/C25H20ClN3O3/c1-16-7-5-6-10-18(16)24-19(15-29(28-24)17-8-3-2-4-9-17)25(30)27-21-14-23-22(13-20(21)26)31-11-12-32-23/h2-10,13-15H,11-12H2,1H3,(H,27,30). The molecule has 160 valence electrons. The van der Waals surface area contributed by atoms with Crippen molar-refractivity contribution in [1.29, 1.82) is 0 Å². The number of aromatic nitrogens is 2. The van der Waals surface area contributed by atoms with Crippen molar-refractivity contribution in [2.75, 3.05) is 18.5 Å². The first kappa shape index (κ1) is 20.2. The van der Waals surface area contributed by atoms with E-state index in [2.05, 4.69) is 5.32 Å². The molecule has 0 unspecified atom stereocenters. The predicted molar refractivity (Wildman–Crippen MR) is 124 cm³/mol. The third-order valence-corrected chi connectivity index (χ3v) is 5.57. The van der Waals surface area contributed by atoms with E-state index in [0.29, 0.717) is 46.7 Å². The van der Waals surface area contributed by atoms with E-state index in [9.17, 15) is 4.79 Å². The number of nitrogens with zero attached hydrogens (tertiary/aromatic N) is 2. The van der Waals surface area contributed by atoms with Crippen LogP contribution in [0, 0.1) is 6.92 Å². The number of hydrogen-bond donors (Lipinski definition) is 1. The number of aryl methyl sites for hydroxylation is 1. The van der Waals surface area contributed by atoms with Gasteiger partial charge in [0.15, 0.2) is 11.5 Å². The monoisotopic (exact) mass is 445 g/mol. The molecule has 1 N–H and O–H groups in total. The largest absolute Gasteiger partial charge is 0.486 e. The van der Waals surface area contributed by atoms with Gasteiger partial charge in [-0.25, -0.2) is 4.68 Å². The molecule has 1 aliphatic rings. The summed E-state index contributed by atoms with van der Waals surface area (Å²) in [6, 6.07) is 20.9.